The third-order valence-corrected chi connectivity index (χ3v) is 4.09. The molecule has 1 N–H and O–H groups in total. The maximum absolute atomic E-state index is 12.2. The molecule has 1 aromatic heterocycles. The molecule has 1 saturated carbocycles. The van der Waals surface area contributed by atoms with E-state index in [-0.39, 0.29) is 0 Å². The highest BCUT2D eigenvalue weighted by molar-refractivity contribution is 5.91. The Morgan fingerprint density at radius 2 is 2.09 bits per heavy atom. The number of carbonyl (C=O) groups is 2. The lowest BCUT2D eigenvalue weighted by Gasteiger charge is -2.32. The molecule has 0 saturated heterocycles. The van der Waals surface area contributed by atoms with Crippen molar-refractivity contribution >= 4 is 11.9 Å². The van der Waals surface area contributed by atoms with Crippen molar-refractivity contribution in [1.82, 2.24) is 9.88 Å². The molecule has 1 aliphatic carbocycles. The molecule has 6 heteroatoms. The Balaban J connectivity index is 1.96. The average Bonchev–Trinajstić information content (AvgIpc) is 2.94. The van der Waals surface area contributed by atoms with Crippen LogP contribution < -0.4 is 5.32 Å². The van der Waals surface area contributed by atoms with E-state index >= 15 is 0 Å². The van der Waals surface area contributed by atoms with Gasteiger partial charge in [-0.1, -0.05) is 19.3 Å². The maximum atomic E-state index is 12.2. The van der Waals surface area contributed by atoms with Crippen LogP contribution in [0, 0.1) is 11.3 Å². The summed E-state index contributed by atoms with van der Waals surface area (Å²) >= 11 is 0. The number of nitrogens with zero attached hydrogens (tertiary/aromatic N) is 2. The van der Waals surface area contributed by atoms with Gasteiger partial charge in [-0.3, -0.25) is 4.79 Å². The number of ether oxygens (including phenoxy) is 1. The standard InChI is InChI=1S/C16H21N3O3/c1-12(22-15(21)13-7-6-10-19(13)2)14(20)18-16(11-17)8-4-3-5-9-16/h6-7,10,12H,3-5,8-9H2,1-2H3,(H,18,20)/t12-/m0/s1. The average molecular weight is 303 g/mol. The Kier molecular flexibility index (Phi) is 4.86. The Morgan fingerprint density at radius 3 is 2.64 bits per heavy atom. The van der Waals surface area contributed by atoms with Gasteiger partial charge in [0.2, 0.25) is 0 Å². The molecule has 118 valence electrons. The second-order valence-electron chi connectivity index (χ2n) is 5.80. The van der Waals surface area contributed by atoms with E-state index < -0.39 is 23.5 Å². The van der Waals surface area contributed by atoms with Crippen LogP contribution in [-0.2, 0) is 16.6 Å². The van der Waals surface area contributed by atoms with Crippen LogP contribution in [0.2, 0.25) is 0 Å². The SMILES string of the molecule is C[C@H](OC(=O)c1cccn1C)C(=O)NC1(C#N)CCCCC1. The van der Waals surface area contributed by atoms with Crippen molar-refractivity contribution in [3.05, 3.63) is 24.0 Å². The number of hydrogen-bond donors (Lipinski definition) is 1. The number of amides is 1. The summed E-state index contributed by atoms with van der Waals surface area (Å²) in [6.07, 6.45) is 5.01. The van der Waals surface area contributed by atoms with Gasteiger partial charge in [0.1, 0.15) is 11.2 Å². The number of rotatable bonds is 4. The van der Waals surface area contributed by atoms with Crippen molar-refractivity contribution < 1.29 is 14.3 Å². The largest absolute Gasteiger partial charge is 0.448 e. The van der Waals surface area contributed by atoms with Crippen molar-refractivity contribution in [2.45, 2.75) is 50.7 Å². The first kappa shape index (κ1) is 16.1. The number of carbonyl (C=O) groups excluding carboxylic acids is 2. The minimum absolute atomic E-state index is 0.382. The van der Waals surface area contributed by atoms with E-state index in [1.807, 2.05) is 0 Å². The van der Waals surface area contributed by atoms with Crippen LogP contribution in [0.15, 0.2) is 18.3 Å². The van der Waals surface area contributed by atoms with E-state index in [1.165, 1.54) is 6.92 Å². The van der Waals surface area contributed by atoms with E-state index in [0.29, 0.717) is 18.5 Å². The molecule has 22 heavy (non-hydrogen) atoms. The van der Waals surface area contributed by atoms with Crippen LogP contribution in [0.3, 0.4) is 0 Å². The fraction of sp³-hybridized carbons (Fsp3) is 0.562. The summed E-state index contributed by atoms with van der Waals surface area (Å²) in [7, 11) is 1.73. The molecule has 0 spiro atoms. The lowest BCUT2D eigenvalue weighted by Crippen LogP contribution is -2.52. The second kappa shape index (κ2) is 6.65. The summed E-state index contributed by atoms with van der Waals surface area (Å²) in [6.45, 7) is 1.52. The molecule has 6 nitrogen and oxygen atoms in total. The van der Waals surface area contributed by atoms with Gasteiger partial charge in [0, 0.05) is 13.2 Å². The molecule has 0 aliphatic heterocycles. The first-order valence-corrected chi connectivity index (χ1v) is 7.53. The fourth-order valence-corrected chi connectivity index (χ4v) is 2.71. The third-order valence-electron chi connectivity index (χ3n) is 4.09. The van der Waals surface area contributed by atoms with E-state index in [1.54, 1.807) is 29.9 Å². The van der Waals surface area contributed by atoms with Crippen molar-refractivity contribution in [1.29, 1.82) is 5.26 Å². The summed E-state index contributed by atoms with van der Waals surface area (Å²) in [5.74, 6) is -0.976. The number of nitriles is 1. The molecule has 0 radical (unpaired) electrons. The topological polar surface area (TPSA) is 84.1 Å². The highest BCUT2D eigenvalue weighted by Gasteiger charge is 2.35. The van der Waals surface area contributed by atoms with Gasteiger partial charge in [-0.25, -0.2) is 4.79 Å². The van der Waals surface area contributed by atoms with Gasteiger partial charge >= 0.3 is 5.97 Å². The van der Waals surface area contributed by atoms with Crippen LogP contribution in [0.5, 0.6) is 0 Å². The Morgan fingerprint density at radius 1 is 1.41 bits per heavy atom. The van der Waals surface area contributed by atoms with Gasteiger partial charge < -0.3 is 14.6 Å². The van der Waals surface area contributed by atoms with Gasteiger partial charge in [0.15, 0.2) is 6.10 Å². The summed E-state index contributed by atoms with van der Waals surface area (Å²) in [6, 6.07) is 5.58. The van der Waals surface area contributed by atoms with E-state index in [9.17, 15) is 14.9 Å². The van der Waals surface area contributed by atoms with Gasteiger partial charge in [0.25, 0.3) is 5.91 Å². The zero-order valence-corrected chi connectivity index (χ0v) is 13.0. The second-order valence-corrected chi connectivity index (χ2v) is 5.80. The van der Waals surface area contributed by atoms with Gasteiger partial charge in [-0.05, 0) is 31.9 Å². The van der Waals surface area contributed by atoms with Crippen LogP contribution in [0.1, 0.15) is 49.5 Å². The van der Waals surface area contributed by atoms with Crippen LogP contribution in [0.25, 0.3) is 0 Å². The predicted molar refractivity (Wildman–Crippen MR) is 79.9 cm³/mol. The highest BCUT2D eigenvalue weighted by Crippen LogP contribution is 2.27. The Labute approximate surface area is 130 Å². The Bertz CT molecular complexity index is 594. The summed E-state index contributed by atoms with van der Waals surface area (Å²) < 4.78 is 6.82. The van der Waals surface area contributed by atoms with Crippen molar-refractivity contribution in [2.24, 2.45) is 7.05 Å². The summed E-state index contributed by atoms with van der Waals surface area (Å²) in [4.78, 5) is 24.2. The van der Waals surface area contributed by atoms with Crippen LogP contribution in [-0.4, -0.2) is 28.1 Å². The lowest BCUT2D eigenvalue weighted by molar-refractivity contribution is -0.130. The molecule has 0 bridgehead atoms. The molecular formula is C16H21N3O3. The van der Waals surface area contributed by atoms with Gasteiger partial charge in [0.05, 0.1) is 6.07 Å². The molecule has 1 amide bonds. The van der Waals surface area contributed by atoms with Gasteiger partial charge in [-0.2, -0.15) is 5.26 Å². The van der Waals surface area contributed by atoms with Crippen molar-refractivity contribution in [3.63, 3.8) is 0 Å². The quantitative estimate of drug-likeness (QED) is 0.861. The molecular weight excluding hydrogens is 282 g/mol. The number of esters is 1. The molecule has 1 atom stereocenters. The fourth-order valence-electron chi connectivity index (χ4n) is 2.71. The normalized spacial score (nSPS) is 18.0. The number of hydrogen-bond acceptors (Lipinski definition) is 4. The molecule has 2 rings (SSSR count). The molecule has 0 unspecified atom stereocenters. The minimum Gasteiger partial charge on any atom is -0.448 e. The molecule has 1 heterocycles. The molecule has 1 aromatic rings. The predicted octanol–water partition coefficient (Wildman–Crippen LogP) is 1.91. The summed E-state index contributed by atoms with van der Waals surface area (Å²) in [5, 5.41) is 12.1. The number of aryl methyl sites for hydroxylation is 1. The smallest absolute Gasteiger partial charge is 0.355 e. The van der Waals surface area contributed by atoms with Crippen molar-refractivity contribution in [3.8, 4) is 6.07 Å². The van der Waals surface area contributed by atoms with Gasteiger partial charge in [-0.15, -0.1) is 0 Å². The molecule has 0 aromatic carbocycles. The molecule has 1 fully saturated rings. The Hall–Kier alpha value is -2.29. The lowest BCUT2D eigenvalue weighted by atomic mass is 9.83. The zero-order valence-electron chi connectivity index (χ0n) is 13.0. The van der Waals surface area contributed by atoms with E-state index in [2.05, 4.69) is 11.4 Å². The zero-order chi connectivity index (χ0) is 16.2. The highest BCUT2D eigenvalue weighted by atomic mass is 16.5. The molecule has 1 aliphatic rings. The summed E-state index contributed by atoms with van der Waals surface area (Å²) in [5.41, 5.74) is -0.437. The number of nitrogens with one attached hydrogen (secondary N) is 1. The first-order valence-electron chi connectivity index (χ1n) is 7.53. The number of aromatic nitrogens is 1. The third kappa shape index (κ3) is 3.48. The maximum Gasteiger partial charge on any atom is 0.355 e. The first-order chi connectivity index (χ1) is 10.5. The van der Waals surface area contributed by atoms with Crippen molar-refractivity contribution in [2.75, 3.05) is 0 Å². The van der Waals surface area contributed by atoms with Crippen LogP contribution >= 0.6 is 0 Å². The van der Waals surface area contributed by atoms with E-state index in [0.717, 1.165) is 19.3 Å². The van der Waals surface area contributed by atoms with Crippen LogP contribution in [0.4, 0.5) is 0 Å². The minimum atomic E-state index is -0.936. The monoisotopic (exact) mass is 303 g/mol. The van der Waals surface area contributed by atoms with E-state index in [4.69, 9.17) is 4.74 Å².